The highest BCUT2D eigenvalue weighted by Gasteiger charge is 2.24. The van der Waals surface area contributed by atoms with Crippen molar-refractivity contribution < 1.29 is 4.74 Å². The quantitative estimate of drug-likeness (QED) is 0.851. The van der Waals surface area contributed by atoms with E-state index < -0.39 is 0 Å². The van der Waals surface area contributed by atoms with Gasteiger partial charge in [-0.25, -0.2) is 4.98 Å². The topological polar surface area (TPSA) is 53.1 Å². The van der Waals surface area contributed by atoms with Crippen molar-refractivity contribution in [3.05, 3.63) is 18.2 Å². The number of aromatic nitrogens is 2. The highest BCUT2D eigenvalue weighted by Crippen LogP contribution is 2.26. The summed E-state index contributed by atoms with van der Waals surface area (Å²) in [6.07, 6.45) is 9.09. The van der Waals surface area contributed by atoms with Crippen molar-refractivity contribution in [3.8, 4) is 0 Å². The second-order valence-electron chi connectivity index (χ2n) is 4.76. The number of hydrogen-bond donors (Lipinski definition) is 1. The van der Waals surface area contributed by atoms with Crippen molar-refractivity contribution in [2.45, 2.75) is 51.9 Å². The molecule has 2 unspecified atom stereocenters. The molecule has 96 valence electrons. The molecule has 0 bridgehead atoms. The molecule has 0 aliphatic heterocycles. The van der Waals surface area contributed by atoms with Crippen LogP contribution in [0.4, 0.5) is 0 Å². The molecule has 0 radical (unpaired) electrons. The Morgan fingerprint density at radius 1 is 1.47 bits per heavy atom. The number of rotatable bonds is 5. The van der Waals surface area contributed by atoms with Gasteiger partial charge in [-0.1, -0.05) is 12.8 Å². The molecule has 1 heterocycles. The van der Waals surface area contributed by atoms with Crippen molar-refractivity contribution >= 4 is 0 Å². The molecular formula is C13H23N3O. The van der Waals surface area contributed by atoms with E-state index in [0.29, 0.717) is 18.6 Å². The van der Waals surface area contributed by atoms with Crippen LogP contribution in [0, 0.1) is 5.92 Å². The molecule has 1 fully saturated rings. The lowest BCUT2D eigenvalue weighted by Crippen LogP contribution is -2.33. The summed E-state index contributed by atoms with van der Waals surface area (Å²) in [6, 6.07) is 0. The maximum absolute atomic E-state index is 6.01. The molecule has 4 heteroatoms. The zero-order valence-electron chi connectivity index (χ0n) is 10.6. The number of ether oxygens (including phenoxy) is 1. The first-order valence-electron chi connectivity index (χ1n) is 6.66. The Balaban J connectivity index is 1.88. The van der Waals surface area contributed by atoms with E-state index in [0.717, 1.165) is 25.3 Å². The van der Waals surface area contributed by atoms with Crippen LogP contribution in [-0.4, -0.2) is 22.2 Å². The standard InChI is InChI=1S/C13H23N3O/c1-2-16-8-7-15-13(16)10-17-12-6-4-3-5-11(12)9-14/h7-8,11-12H,2-6,9-10,14H2,1H3. The normalized spacial score (nSPS) is 25.1. The van der Waals surface area contributed by atoms with Gasteiger partial charge < -0.3 is 15.0 Å². The monoisotopic (exact) mass is 237 g/mol. The minimum Gasteiger partial charge on any atom is -0.370 e. The van der Waals surface area contributed by atoms with Gasteiger partial charge in [0.1, 0.15) is 12.4 Å². The molecule has 1 aliphatic rings. The fourth-order valence-electron chi connectivity index (χ4n) is 2.61. The first-order chi connectivity index (χ1) is 8.35. The number of aryl methyl sites for hydroxylation is 1. The minimum atomic E-state index is 0.329. The van der Waals surface area contributed by atoms with Gasteiger partial charge in [-0.05, 0) is 32.2 Å². The van der Waals surface area contributed by atoms with E-state index >= 15 is 0 Å². The Kier molecular flexibility index (Phi) is 4.57. The average molecular weight is 237 g/mol. The summed E-state index contributed by atoms with van der Waals surface area (Å²) in [5.74, 6) is 1.56. The van der Waals surface area contributed by atoms with Gasteiger partial charge in [0.05, 0.1) is 6.10 Å². The second kappa shape index (κ2) is 6.17. The van der Waals surface area contributed by atoms with Crippen molar-refractivity contribution in [2.75, 3.05) is 6.54 Å². The van der Waals surface area contributed by atoms with Crippen LogP contribution in [0.25, 0.3) is 0 Å². The summed E-state index contributed by atoms with van der Waals surface area (Å²) in [5.41, 5.74) is 5.80. The van der Waals surface area contributed by atoms with Gasteiger partial charge in [0.25, 0.3) is 0 Å². The van der Waals surface area contributed by atoms with Crippen molar-refractivity contribution in [3.63, 3.8) is 0 Å². The number of hydrogen-bond acceptors (Lipinski definition) is 3. The largest absolute Gasteiger partial charge is 0.370 e. The summed E-state index contributed by atoms with van der Waals surface area (Å²) >= 11 is 0. The van der Waals surface area contributed by atoms with E-state index in [-0.39, 0.29) is 0 Å². The zero-order valence-corrected chi connectivity index (χ0v) is 10.6. The Morgan fingerprint density at radius 2 is 2.29 bits per heavy atom. The first-order valence-corrected chi connectivity index (χ1v) is 6.66. The summed E-state index contributed by atoms with van der Waals surface area (Å²) in [6.45, 7) is 4.42. The molecule has 1 aromatic rings. The van der Waals surface area contributed by atoms with Crippen LogP contribution in [0.15, 0.2) is 12.4 Å². The fraction of sp³-hybridized carbons (Fsp3) is 0.769. The molecule has 17 heavy (non-hydrogen) atoms. The fourth-order valence-corrected chi connectivity index (χ4v) is 2.61. The molecule has 0 spiro atoms. The van der Waals surface area contributed by atoms with Crippen molar-refractivity contribution in [1.82, 2.24) is 9.55 Å². The van der Waals surface area contributed by atoms with Gasteiger partial charge in [-0.15, -0.1) is 0 Å². The summed E-state index contributed by atoms with van der Waals surface area (Å²) in [7, 11) is 0. The minimum absolute atomic E-state index is 0.329. The van der Waals surface area contributed by atoms with E-state index in [1.807, 2.05) is 12.4 Å². The van der Waals surface area contributed by atoms with E-state index in [1.54, 1.807) is 0 Å². The van der Waals surface area contributed by atoms with Gasteiger partial charge in [-0.2, -0.15) is 0 Å². The lowest BCUT2D eigenvalue weighted by molar-refractivity contribution is -0.0219. The molecule has 2 rings (SSSR count). The third kappa shape index (κ3) is 3.07. The molecule has 2 N–H and O–H groups in total. The summed E-state index contributed by atoms with van der Waals surface area (Å²) in [4.78, 5) is 4.33. The Morgan fingerprint density at radius 3 is 3.06 bits per heavy atom. The highest BCUT2D eigenvalue weighted by molar-refractivity contribution is 4.90. The molecule has 4 nitrogen and oxygen atoms in total. The third-order valence-electron chi connectivity index (χ3n) is 3.71. The van der Waals surface area contributed by atoms with Gasteiger partial charge in [0.2, 0.25) is 0 Å². The lowest BCUT2D eigenvalue weighted by Gasteiger charge is -2.30. The van der Waals surface area contributed by atoms with Gasteiger partial charge >= 0.3 is 0 Å². The van der Waals surface area contributed by atoms with E-state index in [2.05, 4.69) is 16.5 Å². The Labute approximate surface area is 103 Å². The highest BCUT2D eigenvalue weighted by atomic mass is 16.5. The molecule has 1 aliphatic carbocycles. The molecular weight excluding hydrogens is 214 g/mol. The van der Waals surface area contributed by atoms with Crippen LogP contribution < -0.4 is 5.73 Å². The molecule has 2 atom stereocenters. The van der Waals surface area contributed by atoms with Crippen molar-refractivity contribution in [1.29, 1.82) is 0 Å². The molecule has 0 aromatic carbocycles. The maximum atomic E-state index is 6.01. The van der Waals surface area contributed by atoms with Crippen LogP contribution in [0.1, 0.15) is 38.4 Å². The van der Waals surface area contributed by atoms with Gasteiger partial charge in [0.15, 0.2) is 0 Å². The van der Waals surface area contributed by atoms with Gasteiger partial charge in [-0.3, -0.25) is 0 Å². The van der Waals surface area contributed by atoms with E-state index in [4.69, 9.17) is 10.5 Å². The summed E-state index contributed by atoms with van der Waals surface area (Å²) in [5, 5.41) is 0. The number of imidazole rings is 1. The van der Waals surface area contributed by atoms with Crippen LogP contribution in [-0.2, 0) is 17.9 Å². The molecule has 1 saturated carbocycles. The van der Waals surface area contributed by atoms with Crippen LogP contribution in [0.3, 0.4) is 0 Å². The average Bonchev–Trinajstić information content (AvgIpc) is 2.84. The zero-order chi connectivity index (χ0) is 12.1. The molecule has 1 aromatic heterocycles. The third-order valence-corrected chi connectivity index (χ3v) is 3.71. The number of nitrogens with zero attached hydrogens (tertiary/aromatic N) is 2. The number of nitrogens with two attached hydrogens (primary N) is 1. The Bertz CT molecular complexity index is 337. The SMILES string of the molecule is CCn1ccnc1COC1CCCCC1CN. The predicted octanol–water partition coefficient (Wildman–Crippen LogP) is 1.94. The van der Waals surface area contributed by atoms with Gasteiger partial charge in [0, 0.05) is 18.9 Å². The first kappa shape index (κ1) is 12.6. The molecule has 0 saturated heterocycles. The van der Waals surface area contributed by atoms with E-state index in [9.17, 15) is 0 Å². The smallest absolute Gasteiger partial charge is 0.134 e. The van der Waals surface area contributed by atoms with Crippen molar-refractivity contribution in [2.24, 2.45) is 11.7 Å². The van der Waals surface area contributed by atoms with Crippen LogP contribution in [0.5, 0.6) is 0 Å². The predicted molar refractivity (Wildman–Crippen MR) is 67.5 cm³/mol. The Hall–Kier alpha value is -0.870. The summed E-state index contributed by atoms with van der Waals surface area (Å²) < 4.78 is 8.14. The lowest BCUT2D eigenvalue weighted by atomic mass is 9.86. The second-order valence-corrected chi connectivity index (χ2v) is 4.76. The molecule has 0 amide bonds. The van der Waals surface area contributed by atoms with Crippen LogP contribution >= 0.6 is 0 Å². The maximum Gasteiger partial charge on any atom is 0.134 e. The van der Waals surface area contributed by atoms with Crippen LogP contribution in [0.2, 0.25) is 0 Å². The van der Waals surface area contributed by atoms with E-state index in [1.165, 1.54) is 19.3 Å².